The molecule has 4 nitrogen and oxygen atoms in total. The smallest absolute Gasteiger partial charge is 0.311 e. The fourth-order valence-corrected chi connectivity index (χ4v) is 5.26. The summed E-state index contributed by atoms with van der Waals surface area (Å²) in [5.41, 5.74) is 2.36. The van der Waals surface area contributed by atoms with Crippen LogP contribution in [0.5, 0.6) is 5.75 Å². The van der Waals surface area contributed by atoms with Gasteiger partial charge in [0.05, 0.1) is 5.92 Å². The Morgan fingerprint density at radius 2 is 1.70 bits per heavy atom. The van der Waals surface area contributed by atoms with Crippen molar-refractivity contribution in [1.29, 1.82) is 0 Å². The van der Waals surface area contributed by atoms with Crippen LogP contribution >= 0.6 is 0 Å². The van der Waals surface area contributed by atoms with Crippen molar-refractivity contribution in [3.63, 3.8) is 0 Å². The van der Waals surface area contributed by atoms with Gasteiger partial charge < -0.3 is 9.16 Å². The molecule has 2 saturated heterocycles. The highest BCUT2D eigenvalue weighted by molar-refractivity contribution is 6.74. The number of cyclic esters (lactones) is 1. The van der Waals surface area contributed by atoms with Crippen LogP contribution < -0.4 is 4.43 Å². The van der Waals surface area contributed by atoms with Gasteiger partial charge in [-0.2, -0.15) is 0 Å². The van der Waals surface area contributed by atoms with E-state index < -0.39 is 8.32 Å². The van der Waals surface area contributed by atoms with Crippen LogP contribution in [0.15, 0.2) is 54.6 Å². The molecule has 30 heavy (non-hydrogen) atoms. The lowest BCUT2D eigenvalue weighted by molar-refractivity contribution is -0.145. The zero-order valence-electron chi connectivity index (χ0n) is 18.7. The second-order valence-electron chi connectivity index (χ2n) is 10.2. The molecule has 2 aliphatic heterocycles. The molecule has 0 saturated carbocycles. The zero-order valence-corrected chi connectivity index (χ0v) is 19.7. The van der Waals surface area contributed by atoms with E-state index in [1.807, 2.05) is 18.2 Å². The lowest BCUT2D eigenvalue weighted by atomic mass is 9.90. The zero-order chi connectivity index (χ0) is 21.5. The fraction of sp³-hybridized carbons (Fsp3) is 0.480. The minimum atomic E-state index is -1.87. The molecular formula is C25H33NO3Si. The highest BCUT2D eigenvalue weighted by atomic mass is 28.4. The van der Waals surface area contributed by atoms with Crippen LogP contribution in [0.4, 0.5) is 0 Å². The number of esters is 1. The Balaban J connectivity index is 1.45. The van der Waals surface area contributed by atoms with Gasteiger partial charge in [0.1, 0.15) is 11.9 Å². The molecule has 0 N–H and O–H groups in total. The average molecular weight is 424 g/mol. The largest absolute Gasteiger partial charge is 0.544 e. The summed E-state index contributed by atoms with van der Waals surface area (Å²) < 4.78 is 12.2. The molecule has 0 spiro atoms. The summed E-state index contributed by atoms with van der Waals surface area (Å²) in [5, 5.41) is 0.159. The van der Waals surface area contributed by atoms with E-state index in [-0.39, 0.29) is 28.9 Å². The Morgan fingerprint density at radius 3 is 2.33 bits per heavy atom. The Kier molecular flexibility index (Phi) is 5.53. The number of fused-ring (bicyclic) bond motifs is 1. The van der Waals surface area contributed by atoms with Gasteiger partial charge in [-0.25, -0.2) is 0 Å². The second-order valence-corrected chi connectivity index (χ2v) is 15.0. The van der Waals surface area contributed by atoms with E-state index in [9.17, 15) is 4.79 Å². The first-order valence-electron chi connectivity index (χ1n) is 10.9. The van der Waals surface area contributed by atoms with Gasteiger partial charge in [0.15, 0.2) is 0 Å². The summed E-state index contributed by atoms with van der Waals surface area (Å²) in [6, 6.07) is 18.7. The summed E-state index contributed by atoms with van der Waals surface area (Å²) in [6.07, 6.45) is -0.162. The average Bonchev–Trinajstić information content (AvgIpc) is 3.22. The SMILES string of the molecule is CC(C)(C)[Si](C)(C)Oc1ccc([C@@H]2OC(=O)[C@H]3CN(Cc4ccccc4)C[C@H]32)cc1. The lowest BCUT2D eigenvalue weighted by Gasteiger charge is -2.36. The molecule has 0 radical (unpaired) electrons. The van der Waals surface area contributed by atoms with Crippen molar-refractivity contribution in [3.8, 4) is 5.75 Å². The van der Waals surface area contributed by atoms with Gasteiger partial charge in [-0.3, -0.25) is 9.69 Å². The molecule has 0 aromatic heterocycles. The van der Waals surface area contributed by atoms with Crippen LogP contribution in [0.1, 0.15) is 38.0 Å². The third-order valence-corrected chi connectivity index (χ3v) is 11.4. The van der Waals surface area contributed by atoms with Crippen molar-refractivity contribution in [1.82, 2.24) is 4.90 Å². The number of hydrogen-bond donors (Lipinski definition) is 0. The summed E-state index contributed by atoms with van der Waals surface area (Å²) in [6.45, 7) is 13.8. The molecule has 3 atom stereocenters. The molecule has 2 aromatic rings. The standard InChI is InChI=1S/C25H33NO3Si/c1-25(2,3)30(4,5)29-20-13-11-19(12-14-20)23-21-16-26(17-22(21)24(27)28-23)15-18-9-7-6-8-10-18/h6-14,21-23H,15-17H2,1-5H3/t21-,22+,23+/m1/s1. The molecule has 160 valence electrons. The number of carbonyl (C=O) groups is 1. The van der Waals surface area contributed by atoms with Crippen LogP contribution in [0.25, 0.3) is 0 Å². The molecule has 0 amide bonds. The van der Waals surface area contributed by atoms with Crippen molar-refractivity contribution >= 4 is 14.3 Å². The van der Waals surface area contributed by atoms with E-state index >= 15 is 0 Å². The predicted molar refractivity (Wildman–Crippen MR) is 122 cm³/mol. The Labute approximate surface area is 181 Å². The normalized spacial score (nSPS) is 24.6. The molecule has 4 rings (SSSR count). The minimum Gasteiger partial charge on any atom is -0.544 e. The van der Waals surface area contributed by atoms with Crippen molar-refractivity contribution in [2.45, 2.75) is 51.6 Å². The number of hydrogen-bond acceptors (Lipinski definition) is 4. The molecule has 0 unspecified atom stereocenters. The first-order valence-corrected chi connectivity index (χ1v) is 13.8. The summed E-state index contributed by atoms with van der Waals surface area (Å²) in [7, 11) is -1.87. The van der Waals surface area contributed by atoms with Gasteiger partial charge in [0, 0.05) is 25.6 Å². The molecule has 5 heteroatoms. The fourth-order valence-electron chi connectivity index (χ4n) is 4.23. The first-order chi connectivity index (χ1) is 14.1. The van der Waals surface area contributed by atoms with Crippen molar-refractivity contribution in [3.05, 3.63) is 65.7 Å². The van der Waals surface area contributed by atoms with E-state index in [0.29, 0.717) is 0 Å². The number of nitrogens with zero attached hydrogens (tertiary/aromatic N) is 1. The van der Waals surface area contributed by atoms with Crippen LogP contribution in [0, 0.1) is 11.8 Å². The molecule has 0 bridgehead atoms. The van der Waals surface area contributed by atoms with E-state index in [4.69, 9.17) is 9.16 Å². The Hall–Kier alpha value is -2.11. The summed E-state index contributed by atoms with van der Waals surface area (Å²) >= 11 is 0. The van der Waals surface area contributed by atoms with Gasteiger partial charge in [0.25, 0.3) is 0 Å². The molecule has 2 fully saturated rings. The van der Waals surface area contributed by atoms with Crippen molar-refractivity contribution in [2.75, 3.05) is 13.1 Å². The highest BCUT2D eigenvalue weighted by Crippen LogP contribution is 2.44. The van der Waals surface area contributed by atoms with E-state index in [1.165, 1.54) is 5.56 Å². The van der Waals surface area contributed by atoms with Crippen molar-refractivity contribution in [2.24, 2.45) is 11.8 Å². The number of carbonyl (C=O) groups excluding carboxylic acids is 1. The lowest BCUT2D eigenvalue weighted by Crippen LogP contribution is -2.43. The van der Waals surface area contributed by atoms with E-state index in [0.717, 1.165) is 30.9 Å². The number of rotatable bonds is 5. The van der Waals surface area contributed by atoms with E-state index in [1.54, 1.807) is 0 Å². The molecule has 2 aromatic carbocycles. The maximum Gasteiger partial charge on any atom is 0.311 e. The second kappa shape index (κ2) is 7.86. The molecular weight excluding hydrogens is 390 g/mol. The van der Waals surface area contributed by atoms with Crippen LogP contribution in [0.3, 0.4) is 0 Å². The van der Waals surface area contributed by atoms with E-state index in [2.05, 4.69) is 75.2 Å². The third kappa shape index (κ3) is 4.19. The van der Waals surface area contributed by atoms with Crippen molar-refractivity contribution < 1.29 is 14.0 Å². The number of ether oxygens (including phenoxy) is 1. The maximum absolute atomic E-state index is 12.5. The monoisotopic (exact) mass is 423 g/mol. The van der Waals surface area contributed by atoms with Gasteiger partial charge in [-0.15, -0.1) is 0 Å². The Bertz CT molecular complexity index is 889. The van der Waals surface area contributed by atoms with Gasteiger partial charge in [0.2, 0.25) is 8.32 Å². The topological polar surface area (TPSA) is 38.8 Å². The first kappa shape index (κ1) is 21.1. The van der Waals surface area contributed by atoms with Gasteiger partial charge in [-0.1, -0.05) is 63.2 Å². The predicted octanol–water partition coefficient (Wildman–Crippen LogP) is 5.42. The summed E-state index contributed by atoms with van der Waals surface area (Å²) in [5.74, 6) is 1.04. The van der Waals surface area contributed by atoms with Crippen LogP contribution in [-0.2, 0) is 16.1 Å². The minimum absolute atomic E-state index is 0.0260. The highest BCUT2D eigenvalue weighted by Gasteiger charge is 2.50. The Morgan fingerprint density at radius 1 is 1.03 bits per heavy atom. The summed E-state index contributed by atoms with van der Waals surface area (Å²) in [4.78, 5) is 14.9. The van der Waals surface area contributed by atoms with Crippen LogP contribution in [0.2, 0.25) is 18.1 Å². The number of likely N-dealkylation sites (tertiary alicyclic amines) is 1. The number of benzene rings is 2. The van der Waals surface area contributed by atoms with Gasteiger partial charge >= 0.3 is 5.97 Å². The molecule has 2 aliphatic rings. The third-order valence-electron chi connectivity index (χ3n) is 7.01. The quantitative estimate of drug-likeness (QED) is 0.476. The van der Waals surface area contributed by atoms with Gasteiger partial charge in [-0.05, 0) is 41.4 Å². The molecule has 2 heterocycles. The molecule has 0 aliphatic carbocycles. The maximum atomic E-state index is 12.5. The van der Waals surface area contributed by atoms with Crippen LogP contribution in [-0.4, -0.2) is 32.3 Å².